The quantitative estimate of drug-likeness (QED) is 0.281. The lowest BCUT2D eigenvalue weighted by Crippen LogP contribution is -2.37. The van der Waals surface area contributed by atoms with Crippen LogP contribution in [-0.2, 0) is 0 Å². The Hall–Kier alpha value is -0.770. The van der Waals surface area contributed by atoms with Crippen LogP contribution < -0.4 is 5.73 Å². The average Bonchev–Trinajstić information content (AvgIpc) is 2.18. The molecule has 1 atom stereocenters. The zero-order valence-electron chi connectivity index (χ0n) is 10.2. The summed E-state index contributed by atoms with van der Waals surface area (Å²) in [5, 5.41) is 11.5. The summed E-state index contributed by atoms with van der Waals surface area (Å²) in [4.78, 5) is 2.25. The molecule has 15 heavy (non-hydrogen) atoms. The van der Waals surface area contributed by atoms with Gasteiger partial charge in [0.1, 0.15) is 0 Å². The Labute approximate surface area is 93.1 Å². The fourth-order valence-electron chi connectivity index (χ4n) is 1.84. The van der Waals surface area contributed by atoms with E-state index in [-0.39, 0.29) is 0 Å². The zero-order chi connectivity index (χ0) is 11.7. The molecule has 4 nitrogen and oxygen atoms in total. The van der Waals surface area contributed by atoms with Crippen LogP contribution in [0.5, 0.6) is 0 Å². The monoisotopic (exact) mass is 215 g/mol. The first kappa shape index (κ1) is 14.2. The van der Waals surface area contributed by atoms with Crippen molar-refractivity contribution in [2.45, 2.75) is 40.0 Å². The van der Waals surface area contributed by atoms with Crippen molar-refractivity contribution < 1.29 is 5.21 Å². The fraction of sp³-hybridized carbons (Fsp3) is 0.909. The smallest absolute Gasteiger partial charge is 0.153 e. The Morgan fingerprint density at radius 3 is 2.53 bits per heavy atom. The molecule has 0 rings (SSSR count). The normalized spacial score (nSPS) is 14.5. The fourth-order valence-corrected chi connectivity index (χ4v) is 1.84. The Morgan fingerprint density at radius 1 is 1.40 bits per heavy atom. The van der Waals surface area contributed by atoms with Crippen molar-refractivity contribution in [1.29, 1.82) is 0 Å². The van der Waals surface area contributed by atoms with Gasteiger partial charge in [0, 0.05) is 6.54 Å². The van der Waals surface area contributed by atoms with E-state index in [4.69, 9.17) is 10.9 Å². The molecule has 90 valence electrons. The van der Waals surface area contributed by atoms with Gasteiger partial charge in [-0.1, -0.05) is 32.3 Å². The highest BCUT2D eigenvalue weighted by atomic mass is 16.4. The molecular weight excluding hydrogens is 190 g/mol. The first-order chi connectivity index (χ1) is 7.13. The molecule has 3 N–H and O–H groups in total. The second-order valence-corrected chi connectivity index (χ2v) is 4.22. The van der Waals surface area contributed by atoms with Gasteiger partial charge in [0.15, 0.2) is 5.84 Å². The van der Waals surface area contributed by atoms with Crippen LogP contribution in [0.25, 0.3) is 0 Å². The Bertz CT molecular complexity index is 183. The maximum absolute atomic E-state index is 8.53. The van der Waals surface area contributed by atoms with E-state index in [1.165, 1.54) is 12.8 Å². The van der Waals surface area contributed by atoms with Gasteiger partial charge in [0.05, 0.1) is 6.54 Å². The van der Waals surface area contributed by atoms with Gasteiger partial charge in [-0.05, 0) is 25.3 Å². The lowest BCUT2D eigenvalue weighted by molar-refractivity contribution is 0.253. The summed E-state index contributed by atoms with van der Waals surface area (Å²) in [5.74, 6) is 0.972. The van der Waals surface area contributed by atoms with Crippen LogP contribution in [-0.4, -0.2) is 35.6 Å². The maximum atomic E-state index is 8.53. The van der Waals surface area contributed by atoms with Crippen LogP contribution >= 0.6 is 0 Å². The molecule has 1 unspecified atom stereocenters. The average molecular weight is 215 g/mol. The summed E-state index contributed by atoms with van der Waals surface area (Å²) in [5.41, 5.74) is 5.51. The number of hydrogen-bond donors (Lipinski definition) is 2. The van der Waals surface area contributed by atoms with Crippen LogP contribution in [0, 0.1) is 5.92 Å². The topological polar surface area (TPSA) is 61.8 Å². The summed E-state index contributed by atoms with van der Waals surface area (Å²) in [7, 11) is 0. The number of oxime groups is 1. The highest BCUT2D eigenvalue weighted by Crippen LogP contribution is 2.07. The van der Waals surface area contributed by atoms with E-state index in [0.29, 0.717) is 18.3 Å². The molecule has 0 radical (unpaired) electrons. The molecule has 0 spiro atoms. The maximum Gasteiger partial charge on any atom is 0.153 e. The van der Waals surface area contributed by atoms with Crippen molar-refractivity contribution in [1.82, 2.24) is 4.90 Å². The molecular formula is C11H25N3O. The van der Waals surface area contributed by atoms with E-state index in [1.54, 1.807) is 0 Å². The number of nitrogens with two attached hydrogens (primary N) is 1. The summed E-state index contributed by atoms with van der Waals surface area (Å²) < 4.78 is 0. The number of hydrogen-bond acceptors (Lipinski definition) is 3. The van der Waals surface area contributed by atoms with E-state index in [2.05, 4.69) is 30.8 Å². The van der Waals surface area contributed by atoms with E-state index < -0.39 is 0 Å². The molecule has 4 heteroatoms. The molecule has 0 aliphatic carbocycles. The van der Waals surface area contributed by atoms with Crippen molar-refractivity contribution in [2.75, 3.05) is 19.6 Å². The minimum atomic E-state index is 0.298. The van der Waals surface area contributed by atoms with E-state index >= 15 is 0 Å². The molecule has 0 aromatic carbocycles. The van der Waals surface area contributed by atoms with Crippen molar-refractivity contribution in [3.8, 4) is 0 Å². The van der Waals surface area contributed by atoms with Gasteiger partial charge in [0.25, 0.3) is 0 Å². The molecule has 0 heterocycles. The third kappa shape index (κ3) is 7.19. The number of rotatable bonds is 8. The predicted octanol–water partition coefficient (Wildman–Crippen LogP) is 1.88. The minimum Gasteiger partial charge on any atom is -0.409 e. The Kier molecular flexibility index (Phi) is 8.09. The Balaban J connectivity index is 4.02. The van der Waals surface area contributed by atoms with Gasteiger partial charge in [0.2, 0.25) is 0 Å². The van der Waals surface area contributed by atoms with Crippen molar-refractivity contribution in [3.63, 3.8) is 0 Å². The summed E-state index contributed by atoms with van der Waals surface area (Å²) in [6, 6.07) is 0. The lowest BCUT2D eigenvalue weighted by atomic mass is 10.1. The van der Waals surface area contributed by atoms with Crippen LogP contribution in [0.15, 0.2) is 5.16 Å². The molecule has 0 bridgehead atoms. The summed E-state index contributed by atoms with van der Waals surface area (Å²) in [6.45, 7) is 9.19. The highest BCUT2D eigenvalue weighted by Gasteiger charge is 2.10. The van der Waals surface area contributed by atoms with Gasteiger partial charge in [-0.2, -0.15) is 0 Å². The van der Waals surface area contributed by atoms with Gasteiger partial charge in [-0.3, -0.25) is 4.90 Å². The van der Waals surface area contributed by atoms with Crippen LogP contribution in [0.2, 0.25) is 0 Å². The Morgan fingerprint density at radius 2 is 2.07 bits per heavy atom. The largest absolute Gasteiger partial charge is 0.409 e. The van der Waals surface area contributed by atoms with Crippen LogP contribution in [0.3, 0.4) is 0 Å². The molecule has 0 aromatic heterocycles. The van der Waals surface area contributed by atoms with Crippen molar-refractivity contribution >= 4 is 5.84 Å². The highest BCUT2D eigenvalue weighted by molar-refractivity contribution is 5.81. The summed E-state index contributed by atoms with van der Waals surface area (Å²) in [6.07, 6.45) is 3.54. The molecule has 0 aliphatic rings. The van der Waals surface area contributed by atoms with Crippen LogP contribution in [0.4, 0.5) is 0 Å². The standard InChI is InChI=1S/C11H25N3O/c1-4-6-10(3)8-14(7-5-2)9-11(12)13-15/h10,15H,4-9H2,1-3H3,(H2,12,13). The predicted molar refractivity (Wildman–Crippen MR) is 64.2 cm³/mol. The molecule has 0 amide bonds. The molecule has 0 saturated carbocycles. The van der Waals surface area contributed by atoms with E-state index in [1.807, 2.05) is 0 Å². The third-order valence-electron chi connectivity index (χ3n) is 2.41. The van der Waals surface area contributed by atoms with Gasteiger partial charge >= 0.3 is 0 Å². The van der Waals surface area contributed by atoms with Crippen LogP contribution in [0.1, 0.15) is 40.0 Å². The number of nitrogens with zero attached hydrogens (tertiary/aromatic N) is 2. The first-order valence-electron chi connectivity index (χ1n) is 5.82. The van der Waals surface area contributed by atoms with E-state index in [0.717, 1.165) is 19.5 Å². The van der Waals surface area contributed by atoms with Crippen molar-refractivity contribution in [3.05, 3.63) is 0 Å². The second kappa shape index (κ2) is 8.53. The zero-order valence-corrected chi connectivity index (χ0v) is 10.2. The molecule has 0 fully saturated rings. The molecule has 0 aliphatic heterocycles. The molecule has 0 aromatic rings. The SMILES string of the molecule is CCCC(C)CN(CCC)CC(N)=NO. The third-order valence-corrected chi connectivity index (χ3v) is 2.41. The minimum absolute atomic E-state index is 0.298. The number of amidine groups is 1. The molecule has 0 saturated heterocycles. The van der Waals surface area contributed by atoms with Gasteiger partial charge in [-0.25, -0.2) is 0 Å². The lowest BCUT2D eigenvalue weighted by Gasteiger charge is -2.24. The van der Waals surface area contributed by atoms with E-state index in [9.17, 15) is 0 Å². The first-order valence-corrected chi connectivity index (χ1v) is 5.82. The summed E-state index contributed by atoms with van der Waals surface area (Å²) >= 11 is 0. The van der Waals surface area contributed by atoms with Crippen molar-refractivity contribution in [2.24, 2.45) is 16.8 Å². The van der Waals surface area contributed by atoms with Gasteiger partial charge in [-0.15, -0.1) is 0 Å². The van der Waals surface area contributed by atoms with Gasteiger partial charge < -0.3 is 10.9 Å². The second-order valence-electron chi connectivity index (χ2n) is 4.22.